The molecular formula is C58H37N. The molecule has 10 aromatic carbocycles. The molecule has 2 aliphatic rings. The highest BCUT2D eigenvalue weighted by atomic mass is 15.0. The van der Waals surface area contributed by atoms with Gasteiger partial charge in [0.2, 0.25) is 0 Å². The fraction of sp³-hybridized carbons (Fsp3) is 0.0345. The van der Waals surface area contributed by atoms with E-state index in [2.05, 4.69) is 217 Å². The smallest absolute Gasteiger partial charge is 0.0544 e. The molecule has 0 spiro atoms. The molecule has 11 aromatic rings. The van der Waals surface area contributed by atoms with Gasteiger partial charge in [0.25, 0.3) is 0 Å². The van der Waals surface area contributed by atoms with Crippen molar-refractivity contribution in [2.75, 3.05) is 0 Å². The summed E-state index contributed by atoms with van der Waals surface area (Å²) in [6.07, 6.45) is 0. The molecule has 274 valence electrons. The molecule has 1 heteroatoms. The van der Waals surface area contributed by atoms with Crippen molar-refractivity contribution in [2.24, 2.45) is 0 Å². The third kappa shape index (κ3) is 4.73. The van der Waals surface area contributed by atoms with E-state index in [0.717, 1.165) is 0 Å². The maximum Gasteiger partial charge on any atom is 0.0544 e. The summed E-state index contributed by atoms with van der Waals surface area (Å²) >= 11 is 0. The number of nitrogens with zero attached hydrogens (tertiary/aromatic N) is 1. The zero-order valence-electron chi connectivity index (χ0n) is 32.3. The van der Waals surface area contributed by atoms with Gasteiger partial charge in [-0.2, -0.15) is 0 Å². The molecule has 1 heterocycles. The second-order valence-electron chi connectivity index (χ2n) is 16.3. The molecular weight excluding hydrogens is 711 g/mol. The van der Waals surface area contributed by atoms with Crippen LogP contribution in [0, 0.1) is 0 Å². The van der Waals surface area contributed by atoms with Crippen molar-refractivity contribution in [2.45, 2.75) is 11.8 Å². The van der Waals surface area contributed by atoms with Gasteiger partial charge in [0, 0.05) is 28.0 Å². The number of aromatic nitrogens is 1. The molecule has 1 nitrogen and oxygen atoms in total. The van der Waals surface area contributed by atoms with E-state index in [4.69, 9.17) is 0 Å². The van der Waals surface area contributed by atoms with E-state index in [9.17, 15) is 0 Å². The molecule has 0 bridgehead atoms. The van der Waals surface area contributed by atoms with Crippen molar-refractivity contribution in [3.8, 4) is 39.1 Å². The van der Waals surface area contributed by atoms with Crippen LogP contribution in [0.5, 0.6) is 0 Å². The van der Waals surface area contributed by atoms with Gasteiger partial charge in [-0.3, -0.25) is 0 Å². The van der Waals surface area contributed by atoms with Crippen LogP contribution in [-0.4, -0.2) is 4.57 Å². The zero-order chi connectivity index (χ0) is 38.6. The Balaban J connectivity index is 1.04. The van der Waals surface area contributed by atoms with Crippen molar-refractivity contribution in [3.05, 3.63) is 246 Å². The summed E-state index contributed by atoms with van der Waals surface area (Å²) in [5.41, 5.74) is 19.7. The maximum atomic E-state index is 2.52. The van der Waals surface area contributed by atoms with E-state index in [1.807, 2.05) is 0 Å². The minimum atomic E-state index is 0.174. The lowest BCUT2D eigenvalue weighted by molar-refractivity contribution is 1.01. The Bertz CT molecular complexity index is 3500. The van der Waals surface area contributed by atoms with E-state index < -0.39 is 0 Å². The third-order valence-electron chi connectivity index (χ3n) is 13.3. The van der Waals surface area contributed by atoms with Crippen LogP contribution in [-0.2, 0) is 0 Å². The topological polar surface area (TPSA) is 4.93 Å². The Kier molecular flexibility index (Phi) is 6.91. The van der Waals surface area contributed by atoms with Crippen LogP contribution in [0.2, 0.25) is 0 Å². The molecule has 0 fully saturated rings. The fourth-order valence-corrected chi connectivity index (χ4v) is 10.8. The molecule has 0 radical (unpaired) electrons. The minimum Gasteiger partial charge on any atom is -0.309 e. The van der Waals surface area contributed by atoms with Gasteiger partial charge in [0.15, 0.2) is 0 Å². The normalized spacial score (nSPS) is 15.1. The fourth-order valence-electron chi connectivity index (χ4n) is 10.8. The summed E-state index contributed by atoms with van der Waals surface area (Å²) in [7, 11) is 0. The van der Waals surface area contributed by atoms with Gasteiger partial charge in [-0.15, -0.1) is 0 Å². The van der Waals surface area contributed by atoms with Crippen molar-refractivity contribution in [3.63, 3.8) is 0 Å². The SMILES string of the molecule is c1ccc(C2c3ccccc3-c3cc4c5cc(-c6ccc7c(c6)-c6ccccc6C7c6cccc7ccccc67)ccc5n(-c5cccc6ccccc56)c4cc32)cc1. The Labute approximate surface area is 343 Å². The second kappa shape index (κ2) is 12.5. The van der Waals surface area contributed by atoms with E-state index >= 15 is 0 Å². The van der Waals surface area contributed by atoms with Gasteiger partial charge in [-0.1, -0.05) is 176 Å². The summed E-state index contributed by atoms with van der Waals surface area (Å²) in [6, 6.07) is 79.5. The van der Waals surface area contributed by atoms with Crippen LogP contribution in [0.15, 0.2) is 212 Å². The Morgan fingerprint density at radius 1 is 0.288 bits per heavy atom. The first-order valence-electron chi connectivity index (χ1n) is 20.7. The van der Waals surface area contributed by atoms with Gasteiger partial charge >= 0.3 is 0 Å². The first-order valence-corrected chi connectivity index (χ1v) is 20.7. The molecule has 0 aliphatic heterocycles. The Morgan fingerprint density at radius 2 is 0.847 bits per heavy atom. The van der Waals surface area contributed by atoms with E-state index in [-0.39, 0.29) is 11.8 Å². The lowest BCUT2D eigenvalue weighted by Gasteiger charge is -2.17. The van der Waals surface area contributed by atoms with Crippen LogP contribution in [0.3, 0.4) is 0 Å². The number of benzene rings is 10. The highest BCUT2D eigenvalue weighted by molar-refractivity contribution is 6.14. The lowest BCUT2D eigenvalue weighted by Crippen LogP contribution is -2.00. The molecule has 2 unspecified atom stereocenters. The highest BCUT2D eigenvalue weighted by Gasteiger charge is 2.33. The minimum absolute atomic E-state index is 0.174. The monoisotopic (exact) mass is 747 g/mol. The van der Waals surface area contributed by atoms with Gasteiger partial charge in [-0.05, 0) is 119 Å². The summed E-state index contributed by atoms with van der Waals surface area (Å²) < 4.78 is 2.52. The molecule has 1 aromatic heterocycles. The lowest BCUT2D eigenvalue weighted by atomic mass is 9.86. The summed E-state index contributed by atoms with van der Waals surface area (Å²) in [4.78, 5) is 0. The molecule has 0 N–H and O–H groups in total. The molecule has 2 aliphatic carbocycles. The van der Waals surface area contributed by atoms with Crippen LogP contribution < -0.4 is 0 Å². The third-order valence-corrected chi connectivity index (χ3v) is 13.3. The summed E-state index contributed by atoms with van der Waals surface area (Å²) in [5.74, 6) is 0.362. The standard InChI is InChI=1S/C58H37N/c1-2-16-38(17-3-1)57-46-24-10-8-22-43(46)50-34-52-51-33-40(29-31-55(51)59(56(52)35-53(50)57)54-27-13-19-37-15-5-7-21-42(37)54)39-28-30-48-49(32-39)44-23-9-11-25-47(44)58(48)45-26-12-18-36-14-4-6-20-41(36)45/h1-35,57-58H. The van der Waals surface area contributed by atoms with Gasteiger partial charge in [0.05, 0.1) is 16.7 Å². The molecule has 2 atom stereocenters. The van der Waals surface area contributed by atoms with Crippen LogP contribution >= 0.6 is 0 Å². The van der Waals surface area contributed by atoms with Crippen LogP contribution in [0.25, 0.3) is 82.4 Å². The predicted octanol–water partition coefficient (Wildman–Crippen LogP) is 15.1. The van der Waals surface area contributed by atoms with Crippen LogP contribution in [0.4, 0.5) is 0 Å². The molecule has 59 heavy (non-hydrogen) atoms. The quantitative estimate of drug-likeness (QED) is 0.169. The molecule has 0 saturated heterocycles. The molecule has 0 amide bonds. The van der Waals surface area contributed by atoms with E-state index in [1.165, 1.54) is 116 Å². The Hall–Kier alpha value is -7.48. The average Bonchev–Trinajstić information content (AvgIpc) is 3.92. The zero-order valence-corrected chi connectivity index (χ0v) is 32.3. The van der Waals surface area contributed by atoms with Gasteiger partial charge in [0.1, 0.15) is 0 Å². The highest BCUT2D eigenvalue weighted by Crippen LogP contribution is 2.52. The van der Waals surface area contributed by atoms with Crippen molar-refractivity contribution >= 4 is 43.4 Å². The number of hydrogen-bond donors (Lipinski definition) is 0. The van der Waals surface area contributed by atoms with Crippen LogP contribution in [0.1, 0.15) is 45.2 Å². The number of hydrogen-bond acceptors (Lipinski definition) is 0. The Morgan fingerprint density at radius 3 is 1.66 bits per heavy atom. The number of fused-ring (bicyclic) bond motifs is 11. The second-order valence-corrected chi connectivity index (χ2v) is 16.3. The van der Waals surface area contributed by atoms with Gasteiger partial charge in [-0.25, -0.2) is 0 Å². The molecule has 0 saturated carbocycles. The van der Waals surface area contributed by atoms with E-state index in [1.54, 1.807) is 0 Å². The van der Waals surface area contributed by atoms with Crippen molar-refractivity contribution in [1.82, 2.24) is 4.57 Å². The average molecular weight is 748 g/mol. The van der Waals surface area contributed by atoms with Crippen molar-refractivity contribution in [1.29, 1.82) is 0 Å². The van der Waals surface area contributed by atoms with E-state index in [0.29, 0.717) is 0 Å². The first-order chi connectivity index (χ1) is 29.3. The summed E-state index contributed by atoms with van der Waals surface area (Å²) in [6.45, 7) is 0. The first kappa shape index (κ1) is 32.6. The largest absolute Gasteiger partial charge is 0.309 e. The summed E-state index contributed by atoms with van der Waals surface area (Å²) in [5, 5.41) is 7.65. The number of rotatable bonds is 4. The molecule has 13 rings (SSSR count). The van der Waals surface area contributed by atoms with Crippen molar-refractivity contribution < 1.29 is 0 Å². The van der Waals surface area contributed by atoms with Gasteiger partial charge < -0.3 is 4.57 Å². The maximum absolute atomic E-state index is 2.52. The predicted molar refractivity (Wildman–Crippen MR) is 247 cm³/mol.